The van der Waals surface area contributed by atoms with Crippen LogP contribution < -0.4 is 10.2 Å². The second-order valence-electron chi connectivity index (χ2n) is 6.57. The van der Waals surface area contributed by atoms with E-state index < -0.39 is 6.04 Å². The van der Waals surface area contributed by atoms with E-state index >= 15 is 0 Å². The molecule has 152 valence electrons. The average molecular weight is 437 g/mol. The Labute approximate surface area is 182 Å². The number of nitrogens with zero attached hydrogens (tertiary/aromatic N) is 1. The molecule has 0 aliphatic heterocycles. The summed E-state index contributed by atoms with van der Waals surface area (Å²) >= 11 is 2.99. The molecule has 2 amide bonds. The van der Waals surface area contributed by atoms with Crippen molar-refractivity contribution >= 4 is 40.2 Å². The van der Waals surface area contributed by atoms with Gasteiger partial charge in [0.1, 0.15) is 11.8 Å². The van der Waals surface area contributed by atoms with Crippen LogP contribution in [0.4, 0.5) is 5.69 Å². The molecule has 1 aromatic carbocycles. The number of thiophene rings is 2. The van der Waals surface area contributed by atoms with Gasteiger partial charge in [-0.3, -0.25) is 14.5 Å². The Morgan fingerprint density at radius 3 is 2.40 bits per heavy atom. The number of hydrogen-bond acceptors (Lipinski definition) is 5. The molecule has 1 N–H and O–H groups in total. The van der Waals surface area contributed by atoms with E-state index in [9.17, 15) is 9.59 Å². The molecule has 4 aromatic rings. The number of benzene rings is 1. The maximum Gasteiger partial charge on any atom is 0.249 e. The molecule has 0 aliphatic rings. The SMILES string of the molecule is O=C(NCc1ccco1)[C@@H](c1cccs1)N(C(=O)Cc1cccs1)c1ccccc1. The Morgan fingerprint density at radius 2 is 1.73 bits per heavy atom. The minimum Gasteiger partial charge on any atom is -0.467 e. The number of carbonyl (C=O) groups is 2. The van der Waals surface area contributed by atoms with Crippen LogP contribution in [0.2, 0.25) is 0 Å². The second kappa shape index (κ2) is 9.56. The monoisotopic (exact) mass is 436 g/mol. The summed E-state index contributed by atoms with van der Waals surface area (Å²) in [6.07, 6.45) is 1.80. The number of carbonyl (C=O) groups excluding carboxylic acids is 2. The molecule has 0 unspecified atom stereocenters. The third kappa shape index (κ3) is 4.69. The summed E-state index contributed by atoms with van der Waals surface area (Å²) in [5.74, 6) is 0.275. The molecule has 7 heteroatoms. The highest BCUT2D eigenvalue weighted by atomic mass is 32.1. The lowest BCUT2D eigenvalue weighted by Crippen LogP contribution is -2.44. The van der Waals surface area contributed by atoms with Gasteiger partial charge in [-0.1, -0.05) is 30.3 Å². The van der Waals surface area contributed by atoms with Crippen molar-refractivity contribution in [3.63, 3.8) is 0 Å². The number of anilines is 1. The first kappa shape index (κ1) is 20.1. The van der Waals surface area contributed by atoms with E-state index in [1.165, 1.54) is 22.7 Å². The maximum absolute atomic E-state index is 13.4. The molecular weight excluding hydrogens is 416 g/mol. The first-order valence-corrected chi connectivity index (χ1v) is 11.2. The molecule has 30 heavy (non-hydrogen) atoms. The summed E-state index contributed by atoms with van der Waals surface area (Å²) in [5, 5.41) is 6.78. The third-order valence-corrected chi connectivity index (χ3v) is 6.35. The standard InChI is InChI=1S/C23H20N2O3S2/c26-21(15-19-10-5-13-29-19)25(17-7-2-1-3-8-17)22(20-11-6-14-30-20)23(27)24-16-18-9-4-12-28-18/h1-14,22H,15-16H2,(H,24,27)/t22-/m1/s1. The lowest BCUT2D eigenvalue weighted by atomic mass is 10.1. The molecule has 0 aliphatic carbocycles. The molecule has 0 spiro atoms. The maximum atomic E-state index is 13.4. The Bertz CT molecular complexity index is 1060. The molecule has 5 nitrogen and oxygen atoms in total. The molecule has 0 bridgehead atoms. The first-order chi connectivity index (χ1) is 14.7. The van der Waals surface area contributed by atoms with Crippen molar-refractivity contribution in [3.05, 3.63) is 99.3 Å². The van der Waals surface area contributed by atoms with Gasteiger partial charge < -0.3 is 9.73 Å². The van der Waals surface area contributed by atoms with Crippen molar-refractivity contribution in [1.29, 1.82) is 0 Å². The predicted octanol–water partition coefficient (Wildman–Crippen LogP) is 5.04. The highest BCUT2D eigenvalue weighted by Crippen LogP contribution is 2.31. The van der Waals surface area contributed by atoms with Crippen LogP contribution in [-0.2, 0) is 22.6 Å². The van der Waals surface area contributed by atoms with Crippen molar-refractivity contribution in [3.8, 4) is 0 Å². The van der Waals surface area contributed by atoms with Gasteiger partial charge in [0, 0.05) is 15.4 Å². The first-order valence-electron chi connectivity index (χ1n) is 9.45. The number of nitrogens with one attached hydrogen (secondary N) is 1. The highest BCUT2D eigenvalue weighted by Gasteiger charge is 2.33. The van der Waals surface area contributed by atoms with Crippen molar-refractivity contribution in [2.75, 3.05) is 4.90 Å². The fourth-order valence-corrected chi connectivity index (χ4v) is 4.69. The molecule has 0 saturated heterocycles. The Morgan fingerprint density at radius 1 is 0.933 bits per heavy atom. The molecule has 1 atom stereocenters. The highest BCUT2D eigenvalue weighted by molar-refractivity contribution is 7.10. The van der Waals surface area contributed by atoms with Gasteiger partial charge in [-0.05, 0) is 47.2 Å². The summed E-state index contributed by atoms with van der Waals surface area (Å²) in [6, 6.07) is 19.8. The van der Waals surface area contributed by atoms with Crippen LogP contribution in [0.1, 0.15) is 21.6 Å². The summed E-state index contributed by atoms with van der Waals surface area (Å²) in [4.78, 5) is 30.1. The number of furan rings is 1. The molecule has 3 heterocycles. The largest absolute Gasteiger partial charge is 0.467 e. The van der Waals surface area contributed by atoms with Crippen LogP contribution >= 0.6 is 22.7 Å². The van der Waals surface area contributed by atoms with Gasteiger partial charge in [0.25, 0.3) is 0 Å². The molecule has 0 saturated carbocycles. The van der Waals surface area contributed by atoms with Gasteiger partial charge in [0.2, 0.25) is 11.8 Å². The quantitative estimate of drug-likeness (QED) is 0.421. The zero-order chi connectivity index (χ0) is 20.8. The minimum absolute atomic E-state index is 0.129. The number of rotatable bonds is 8. The summed E-state index contributed by atoms with van der Waals surface area (Å²) in [7, 11) is 0. The zero-order valence-corrected chi connectivity index (χ0v) is 17.7. The smallest absolute Gasteiger partial charge is 0.249 e. The van der Waals surface area contributed by atoms with E-state index in [4.69, 9.17) is 4.42 Å². The van der Waals surface area contributed by atoms with Gasteiger partial charge in [0.05, 0.1) is 19.2 Å². The molecule has 3 aromatic heterocycles. The van der Waals surface area contributed by atoms with E-state index in [0.717, 1.165) is 9.75 Å². The minimum atomic E-state index is -0.769. The fraction of sp³-hybridized carbons (Fsp3) is 0.130. The molecule has 0 fully saturated rings. The number of para-hydroxylation sites is 1. The van der Waals surface area contributed by atoms with Crippen molar-refractivity contribution in [2.24, 2.45) is 0 Å². The van der Waals surface area contributed by atoms with E-state index in [-0.39, 0.29) is 24.8 Å². The van der Waals surface area contributed by atoms with Gasteiger partial charge >= 0.3 is 0 Å². The number of amides is 2. The van der Waals surface area contributed by atoms with Crippen LogP contribution in [0, 0.1) is 0 Å². The molecule has 0 radical (unpaired) electrons. The van der Waals surface area contributed by atoms with Crippen molar-refractivity contribution < 1.29 is 14.0 Å². The summed E-state index contributed by atoms with van der Waals surface area (Å²) in [6.45, 7) is 0.259. The third-order valence-electron chi connectivity index (χ3n) is 4.54. The molecule has 4 rings (SSSR count). The Balaban J connectivity index is 1.67. The molecular formula is C23H20N2O3S2. The Hall–Kier alpha value is -3.16. The van der Waals surface area contributed by atoms with Crippen molar-refractivity contribution in [1.82, 2.24) is 5.32 Å². The lowest BCUT2D eigenvalue weighted by molar-refractivity contribution is -0.126. The average Bonchev–Trinajstić information content (AvgIpc) is 3.54. The van der Waals surface area contributed by atoms with Crippen LogP contribution in [0.5, 0.6) is 0 Å². The van der Waals surface area contributed by atoms with Gasteiger partial charge in [-0.25, -0.2) is 0 Å². The van der Waals surface area contributed by atoms with Gasteiger partial charge in [-0.15, -0.1) is 22.7 Å². The van der Waals surface area contributed by atoms with Crippen LogP contribution in [0.15, 0.2) is 88.2 Å². The predicted molar refractivity (Wildman–Crippen MR) is 120 cm³/mol. The summed E-state index contributed by atoms with van der Waals surface area (Å²) < 4.78 is 5.33. The van der Waals surface area contributed by atoms with E-state index in [2.05, 4.69) is 5.32 Å². The van der Waals surface area contributed by atoms with E-state index in [0.29, 0.717) is 11.4 Å². The van der Waals surface area contributed by atoms with Crippen LogP contribution in [-0.4, -0.2) is 11.8 Å². The fourth-order valence-electron chi connectivity index (χ4n) is 3.18. The van der Waals surface area contributed by atoms with Crippen LogP contribution in [0.3, 0.4) is 0 Å². The van der Waals surface area contributed by atoms with E-state index in [1.54, 1.807) is 23.3 Å². The zero-order valence-electron chi connectivity index (χ0n) is 16.1. The Kier molecular flexibility index (Phi) is 6.41. The number of hydrogen-bond donors (Lipinski definition) is 1. The van der Waals surface area contributed by atoms with E-state index in [1.807, 2.05) is 65.4 Å². The lowest BCUT2D eigenvalue weighted by Gasteiger charge is -2.30. The summed E-state index contributed by atoms with van der Waals surface area (Å²) in [5.41, 5.74) is 0.686. The topological polar surface area (TPSA) is 62.6 Å². The van der Waals surface area contributed by atoms with Gasteiger partial charge in [-0.2, -0.15) is 0 Å². The van der Waals surface area contributed by atoms with Crippen LogP contribution in [0.25, 0.3) is 0 Å². The van der Waals surface area contributed by atoms with Crippen molar-refractivity contribution in [2.45, 2.75) is 19.0 Å². The second-order valence-corrected chi connectivity index (χ2v) is 8.58. The normalized spacial score (nSPS) is 11.7. The van der Waals surface area contributed by atoms with Gasteiger partial charge in [0.15, 0.2) is 0 Å².